The van der Waals surface area contributed by atoms with Gasteiger partial charge >= 0.3 is 5.97 Å². The molecular formula is C18H24N2O3. The molecule has 0 saturated heterocycles. The van der Waals surface area contributed by atoms with Crippen molar-refractivity contribution in [2.75, 3.05) is 0 Å². The second kappa shape index (κ2) is 6.14. The van der Waals surface area contributed by atoms with Gasteiger partial charge in [0, 0.05) is 0 Å². The van der Waals surface area contributed by atoms with Crippen molar-refractivity contribution in [1.82, 2.24) is 9.55 Å². The number of hydrogen-bond acceptors (Lipinski definition) is 4. The first-order chi connectivity index (χ1) is 10.6. The molecule has 0 fully saturated rings. The summed E-state index contributed by atoms with van der Waals surface area (Å²) in [7, 11) is 0. The molecule has 0 spiro atoms. The second-order valence-electron chi connectivity index (χ2n) is 6.85. The number of nitrogens with zero attached hydrogens (tertiary/aromatic N) is 2. The van der Waals surface area contributed by atoms with Gasteiger partial charge in [0.15, 0.2) is 6.73 Å². The molecule has 0 aliphatic carbocycles. The molecule has 0 bridgehead atoms. The summed E-state index contributed by atoms with van der Waals surface area (Å²) in [5.74, 6) is 0.190. The first kappa shape index (κ1) is 17.2. The molecule has 0 amide bonds. The molecule has 0 unspecified atom stereocenters. The van der Waals surface area contributed by atoms with E-state index in [1.807, 2.05) is 19.1 Å². The van der Waals surface area contributed by atoms with Crippen LogP contribution in [0.3, 0.4) is 0 Å². The van der Waals surface area contributed by atoms with Crippen molar-refractivity contribution >= 4 is 16.9 Å². The molecular weight excluding hydrogens is 292 g/mol. The SMILES string of the molecule is CCc1cc2c(=O)n(COC(=O)C(C)(C)C)c(C)nc2cc1C. The van der Waals surface area contributed by atoms with Crippen LogP contribution in [-0.2, 0) is 22.7 Å². The minimum absolute atomic E-state index is 0.112. The fourth-order valence-corrected chi connectivity index (χ4v) is 2.40. The first-order valence-electron chi connectivity index (χ1n) is 7.83. The van der Waals surface area contributed by atoms with E-state index in [0.717, 1.165) is 17.5 Å². The smallest absolute Gasteiger partial charge is 0.312 e. The number of esters is 1. The third-order valence-corrected chi connectivity index (χ3v) is 3.92. The quantitative estimate of drug-likeness (QED) is 0.816. The van der Waals surface area contributed by atoms with Crippen LogP contribution in [0.4, 0.5) is 0 Å². The van der Waals surface area contributed by atoms with E-state index in [4.69, 9.17) is 4.74 Å². The van der Waals surface area contributed by atoms with Gasteiger partial charge < -0.3 is 4.74 Å². The number of benzene rings is 1. The van der Waals surface area contributed by atoms with Crippen molar-refractivity contribution in [2.24, 2.45) is 5.41 Å². The third-order valence-electron chi connectivity index (χ3n) is 3.92. The maximum absolute atomic E-state index is 12.7. The van der Waals surface area contributed by atoms with Gasteiger partial charge in [0.1, 0.15) is 5.82 Å². The summed E-state index contributed by atoms with van der Waals surface area (Å²) in [5.41, 5.74) is 2.15. The van der Waals surface area contributed by atoms with E-state index in [2.05, 4.69) is 11.9 Å². The number of hydrogen-bond donors (Lipinski definition) is 0. The van der Waals surface area contributed by atoms with Gasteiger partial charge in [-0.25, -0.2) is 4.98 Å². The second-order valence-corrected chi connectivity index (χ2v) is 6.85. The number of fused-ring (bicyclic) bond motifs is 1. The highest BCUT2D eigenvalue weighted by Crippen LogP contribution is 2.18. The van der Waals surface area contributed by atoms with Gasteiger partial charge in [-0.2, -0.15) is 0 Å². The fourth-order valence-electron chi connectivity index (χ4n) is 2.40. The summed E-state index contributed by atoms with van der Waals surface area (Å²) in [5, 5.41) is 0.560. The number of rotatable bonds is 3. The number of ether oxygens (including phenoxy) is 1. The maximum atomic E-state index is 12.7. The Morgan fingerprint density at radius 2 is 1.91 bits per heavy atom. The molecule has 2 rings (SSSR count). The van der Waals surface area contributed by atoms with Crippen molar-refractivity contribution in [2.45, 2.75) is 54.7 Å². The van der Waals surface area contributed by atoms with E-state index in [1.54, 1.807) is 27.7 Å². The van der Waals surface area contributed by atoms with Crippen molar-refractivity contribution in [1.29, 1.82) is 0 Å². The summed E-state index contributed by atoms with van der Waals surface area (Å²) in [4.78, 5) is 29.1. The topological polar surface area (TPSA) is 61.2 Å². The zero-order valence-corrected chi connectivity index (χ0v) is 14.7. The molecule has 23 heavy (non-hydrogen) atoms. The summed E-state index contributed by atoms with van der Waals surface area (Å²) >= 11 is 0. The molecule has 0 radical (unpaired) electrons. The minimum Gasteiger partial charge on any atom is -0.443 e. The number of carbonyl (C=O) groups is 1. The van der Waals surface area contributed by atoms with Gasteiger partial charge in [-0.15, -0.1) is 0 Å². The summed E-state index contributed by atoms with van der Waals surface area (Å²) in [6, 6.07) is 3.83. The van der Waals surface area contributed by atoms with Crippen LogP contribution < -0.4 is 5.56 Å². The highest BCUT2D eigenvalue weighted by Gasteiger charge is 2.23. The normalized spacial score (nSPS) is 11.7. The van der Waals surface area contributed by atoms with Crippen LogP contribution in [-0.4, -0.2) is 15.5 Å². The molecule has 1 aromatic heterocycles. The van der Waals surface area contributed by atoms with Crippen LogP contribution in [0.2, 0.25) is 0 Å². The average molecular weight is 316 g/mol. The zero-order valence-electron chi connectivity index (χ0n) is 14.7. The first-order valence-corrected chi connectivity index (χ1v) is 7.83. The molecule has 0 aliphatic rings. The molecule has 124 valence electrons. The molecule has 1 aromatic carbocycles. The summed E-state index contributed by atoms with van der Waals surface area (Å²) in [6.45, 7) is 11.0. The predicted octanol–water partition coefficient (Wildman–Crippen LogP) is 3.12. The number of aromatic nitrogens is 2. The monoisotopic (exact) mass is 316 g/mol. The lowest BCUT2D eigenvalue weighted by molar-refractivity contribution is -0.157. The Labute approximate surface area is 136 Å². The van der Waals surface area contributed by atoms with E-state index in [0.29, 0.717) is 16.7 Å². The predicted molar refractivity (Wildman–Crippen MR) is 90.4 cm³/mol. The van der Waals surface area contributed by atoms with E-state index < -0.39 is 5.41 Å². The van der Waals surface area contributed by atoms with E-state index in [9.17, 15) is 9.59 Å². The Bertz CT molecular complexity index is 814. The van der Waals surface area contributed by atoms with Crippen LogP contribution in [0.5, 0.6) is 0 Å². The molecule has 5 heteroatoms. The third kappa shape index (κ3) is 3.44. The molecule has 0 aliphatic heterocycles. The maximum Gasteiger partial charge on any atom is 0.312 e. The molecule has 1 heterocycles. The van der Waals surface area contributed by atoms with E-state index in [-0.39, 0.29) is 18.3 Å². The lowest BCUT2D eigenvalue weighted by Gasteiger charge is -2.18. The van der Waals surface area contributed by atoms with Crippen molar-refractivity contribution < 1.29 is 9.53 Å². The Kier molecular flexibility index (Phi) is 4.59. The van der Waals surface area contributed by atoms with Crippen molar-refractivity contribution in [3.05, 3.63) is 39.4 Å². The minimum atomic E-state index is -0.603. The Balaban J connectivity index is 2.47. The van der Waals surface area contributed by atoms with Gasteiger partial charge in [0.05, 0.1) is 16.3 Å². The Morgan fingerprint density at radius 3 is 2.48 bits per heavy atom. The summed E-state index contributed by atoms with van der Waals surface area (Å²) < 4.78 is 6.67. The van der Waals surface area contributed by atoms with Crippen LogP contribution in [0.15, 0.2) is 16.9 Å². The Hall–Kier alpha value is -2.17. The number of aryl methyl sites for hydroxylation is 3. The van der Waals surface area contributed by atoms with Gasteiger partial charge in [-0.1, -0.05) is 6.92 Å². The van der Waals surface area contributed by atoms with Gasteiger partial charge in [0.2, 0.25) is 0 Å². The molecule has 5 nitrogen and oxygen atoms in total. The highest BCUT2D eigenvalue weighted by molar-refractivity contribution is 5.79. The van der Waals surface area contributed by atoms with Crippen LogP contribution in [0, 0.1) is 19.3 Å². The number of carbonyl (C=O) groups excluding carboxylic acids is 1. The van der Waals surface area contributed by atoms with Crippen molar-refractivity contribution in [3.63, 3.8) is 0 Å². The van der Waals surface area contributed by atoms with Crippen molar-refractivity contribution in [3.8, 4) is 0 Å². The standard InChI is InChI=1S/C18H24N2O3/c1-7-13-9-14-15(8-11(13)2)19-12(3)20(16(14)21)10-23-17(22)18(4,5)6/h8-9H,7,10H2,1-6H3. The van der Waals surface area contributed by atoms with Gasteiger partial charge in [-0.05, 0) is 64.3 Å². The Morgan fingerprint density at radius 1 is 1.26 bits per heavy atom. The molecule has 0 N–H and O–H groups in total. The lowest BCUT2D eigenvalue weighted by atomic mass is 9.98. The average Bonchev–Trinajstić information content (AvgIpc) is 2.45. The van der Waals surface area contributed by atoms with E-state index >= 15 is 0 Å². The lowest BCUT2D eigenvalue weighted by Crippen LogP contribution is -2.30. The largest absolute Gasteiger partial charge is 0.443 e. The van der Waals surface area contributed by atoms with E-state index in [1.165, 1.54) is 4.57 Å². The zero-order chi connectivity index (χ0) is 17.4. The molecule has 0 saturated carbocycles. The van der Waals surface area contributed by atoms with Crippen LogP contribution in [0.1, 0.15) is 44.6 Å². The van der Waals surface area contributed by atoms with Gasteiger partial charge in [0.25, 0.3) is 5.56 Å². The van der Waals surface area contributed by atoms with Crippen LogP contribution >= 0.6 is 0 Å². The van der Waals surface area contributed by atoms with Crippen LogP contribution in [0.25, 0.3) is 10.9 Å². The molecule has 2 aromatic rings. The highest BCUT2D eigenvalue weighted by atomic mass is 16.5. The van der Waals surface area contributed by atoms with Gasteiger partial charge in [-0.3, -0.25) is 14.2 Å². The fraction of sp³-hybridized carbons (Fsp3) is 0.500. The molecule has 0 atom stereocenters. The summed E-state index contributed by atoms with van der Waals surface area (Å²) in [6.07, 6.45) is 0.855.